The summed E-state index contributed by atoms with van der Waals surface area (Å²) in [5, 5.41) is 7.81. The average molecular weight is 266 g/mol. The summed E-state index contributed by atoms with van der Waals surface area (Å²) in [4.78, 5) is 10.7. The van der Waals surface area contributed by atoms with Crippen molar-refractivity contribution in [1.29, 1.82) is 0 Å². The summed E-state index contributed by atoms with van der Waals surface area (Å²) in [5.41, 5.74) is 0. The predicted molar refractivity (Wildman–Crippen MR) is 34.4 cm³/mol. The smallest absolute Gasteiger partial charge is 0.265 e. The quantitative estimate of drug-likeness (QED) is 0.595. The van der Waals surface area contributed by atoms with Crippen molar-refractivity contribution in [2.24, 2.45) is 0 Å². The van der Waals surface area contributed by atoms with Crippen LogP contribution in [0.4, 0.5) is 30.7 Å². The Morgan fingerprint density at radius 3 is 1.94 bits per heavy atom. The van der Waals surface area contributed by atoms with Gasteiger partial charge in [-0.05, 0) is 10.4 Å². The summed E-state index contributed by atoms with van der Waals surface area (Å²) >= 11 is 0. The van der Waals surface area contributed by atoms with E-state index in [4.69, 9.17) is 0 Å². The summed E-state index contributed by atoms with van der Waals surface area (Å²) in [5.74, 6) is -15.4. The van der Waals surface area contributed by atoms with Gasteiger partial charge in [-0.25, -0.2) is 0 Å². The first kappa shape index (κ1) is 13.3. The van der Waals surface area contributed by atoms with Gasteiger partial charge in [0, 0.05) is 0 Å². The van der Waals surface area contributed by atoms with Gasteiger partial charge in [0.25, 0.3) is 0 Å². The van der Waals surface area contributed by atoms with Crippen LogP contribution < -0.4 is 0 Å². The molecule has 0 saturated carbocycles. The molecule has 0 saturated heterocycles. The van der Waals surface area contributed by atoms with E-state index < -0.39 is 28.6 Å². The molecule has 0 amide bonds. The van der Waals surface area contributed by atoms with Gasteiger partial charge in [-0.3, -0.25) is 4.79 Å². The summed E-state index contributed by atoms with van der Waals surface area (Å²) in [6, 6.07) is 0. The van der Waals surface area contributed by atoms with E-state index in [1.807, 2.05) is 0 Å². The molecule has 12 heteroatoms. The molecule has 0 aliphatic carbocycles. The molecule has 96 valence electrons. The molecule has 0 aromatic carbocycles. The zero-order valence-corrected chi connectivity index (χ0v) is 7.42. The van der Waals surface area contributed by atoms with E-state index in [0.717, 1.165) is 0 Å². The zero-order valence-electron chi connectivity index (χ0n) is 7.42. The number of nitrogens with zero attached hydrogens (tertiary/aromatic N) is 4. The topological polar surface area (TPSA) is 60.7 Å². The van der Waals surface area contributed by atoms with Crippen LogP contribution in [-0.2, 0) is 0 Å². The van der Waals surface area contributed by atoms with Crippen molar-refractivity contribution in [3.63, 3.8) is 0 Å². The van der Waals surface area contributed by atoms with Gasteiger partial charge >= 0.3 is 23.9 Å². The van der Waals surface area contributed by atoms with E-state index in [1.54, 1.807) is 0 Å². The Labute approximate surface area is 87.2 Å². The second kappa shape index (κ2) is 3.63. The molecule has 0 unspecified atom stereocenters. The first-order chi connectivity index (χ1) is 7.52. The van der Waals surface area contributed by atoms with E-state index in [-0.39, 0.29) is 6.33 Å². The van der Waals surface area contributed by atoms with Crippen LogP contribution in [0.15, 0.2) is 6.33 Å². The lowest BCUT2D eigenvalue weighted by atomic mass is 10.1. The number of hydrogen-bond donors (Lipinski definition) is 0. The molecule has 0 radical (unpaired) electrons. The number of carbonyl (C=O) groups is 1. The fourth-order valence-electron chi connectivity index (χ4n) is 0.711. The van der Waals surface area contributed by atoms with E-state index >= 15 is 0 Å². The van der Waals surface area contributed by atoms with Gasteiger partial charge in [0.15, 0.2) is 0 Å². The van der Waals surface area contributed by atoms with Gasteiger partial charge in [0.2, 0.25) is 0 Å². The third-order valence-electron chi connectivity index (χ3n) is 1.58. The van der Waals surface area contributed by atoms with Crippen molar-refractivity contribution in [3.8, 4) is 0 Å². The molecule has 17 heavy (non-hydrogen) atoms. The highest BCUT2D eigenvalue weighted by molar-refractivity contribution is 5.86. The lowest BCUT2D eigenvalue weighted by molar-refractivity contribution is -0.340. The molecule has 0 bridgehead atoms. The minimum Gasteiger partial charge on any atom is -0.265 e. The molecule has 0 N–H and O–H groups in total. The molecule has 1 aromatic heterocycles. The minimum absolute atomic E-state index is 0.169. The van der Waals surface area contributed by atoms with E-state index in [1.165, 1.54) is 0 Å². The summed E-state index contributed by atoms with van der Waals surface area (Å²) in [6.07, 6.45) is -6.41. The minimum atomic E-state index is -6.58. The van der Waals surface area contributed by atoms with Crippen molar-refractivity contribution in [2.75, 3.05) is 0 Å². The van der Waals surface area contributed by atoms with Crippen LogP contribution >= 0.6 is 0 Å². The predicted octanol–water partition coefficient (Wildman–Crippen LogP) is 1.15. The Balaban J connectivity index is 3.16. The van der Waals surface area contributed by atoms with Gasteiger partial charge in [-0.2, -0.15) is 35.4 Å². The van der Waals surface area contributed by atoms with Crippen LogP contribution in [0.5, 0.6) is 0 Å². The highest BCUT2D eigenvalue weighted by Gasteiger charge is 2.76. The average Bonchev–Trinajstić information content (AvgIpc) is 2.66. The number of carbonyl (C=O) groups excluding carboxylic acids is 1. The fourth-order valence-corrected chi connectivity index (χ4v) is 0.711. The summed E-state index contributed by atoms with van der Waals surface area (Å²) in [6.45, 7) is 0. The van der Waals surface area contributed by atoms with Crippen LogP contribution in [0.1, 0.15) is 4.79 Å². The molecule has 1 rings (SSSR count). The number of aromatic nitrogens is 4. The summed E-state index contributed by atoms with van der Waals surface area (Å²) in [7, 11) is 0. The van der Waals surface area contributed by atoms with Crippen molar-refractivity contribution in [3.05, 3.63) is 6.33 Å². The Kier molecular flexibility index (Phi) is 2.84. The van der Waals surface area contributed by atoms with Crippen LogP contribution in [0.3, 0.4) is 0 Å². The van der Waals surface area contributed by atoms with Crippen LogP contribution in [0, 0.1) is 0 Å². The SMILES string of the molecule is O=C(n1cnnn1)C(F)(F)C(F)(F)C(F)(F)F. The lowest BCUT2D eigenvalue weighted by Crippen LogP contribution is -2.57. The van der Waals surface area contributed by atoms with Gasteiger partial charge in [0.1, 0.15) is 6.33 Å². The molecular formula is C5HF7N4O. The Bertz CT molecular complexity index is 410. The number of halogens is 7. The van der Waals surface area contributed by atoms with Crippen LogP contribution in [0.25, 0.3) is 0 Å². The maximum Gasteiger partial charge on any atom is 0.460 e. The third-order valence-corrected chi connectivity index (χ3v) is 1.58. The monoisotopic (exact) mass is 266 g/mol. The lowest BCUT2D eigenvalue weighted by Gasteiger charge is -2.26. The van der Waals surface area contributed by atoms with Gasteiger partial charge in [0.05, 0.1) is 0 Å². The molecule has 1 aromatic rings. The molecule has 0 spiro atoms. The van der Waals surface area contributed by atoms with Crippen molar-refractivity contribution in [1.82, 2.24) is 20.2 Å². The molecule has 0 atom stereocenters. The molecule has 0 fully saturated rings. The molecule has 0 aliphatic rings. The van der Waals surface area contributed by atoms with Crippen molar-refractivity contribution < 1.29 is 35.5 Å². The Hall–Kier alpha value is -1.75. The first-order valence-corrected chi connectivity index (χ1v) is 3.62. The number of alkyl halides is 7. The largest absolute Gasteiger partial charge is 0.460 e. The highest BCUT2D eigenvalue weighted by Crippen LogP contribution is 2.46. The molecule has 1 heterocycles. The Morgan fingerprint density at radius 1 is 1.06 bits per heavy atom. The van der Waals surface area contributed by atoms with Crippen molar-refractivity contribution in [2.45, 2.75) is 18.0 Å². The fraction of sp³-hybridized carbons (Fsp3) is 0.600. The van der Waals surface area contributed by atoms with Gasteiger partial charge < -0.3 is 0 Å². The standard InChI is InChI=1S/C5HF7N4O/c6-3(7,4(8,9)5(10,11)12)2(17)16-1-13-14-15-16/h1H. The maximum absolute atomic E-state index is 12.7. The Morgan fingerprint density at radius 2 is 1.59 bits per heavy atom. The van der Waals surface area contributed by atoms with Crippen LogP contribution in [0.2, 0.25) is 0 Å². The summed E-state index contributed by atoms with van der Waals surface area (Å²) < 4.78 is 84.7. The van der Waals surface area contributed by atoms with E-state index in [9.17, 15) is 35.5 Å². The molecule has 0 aliphatic heterocycles. The first-order valence-electron chi connectivity index (χ1n) is 3.62. The second-order valence-electron chi connectivity index (χ2n) is 2.71. The van der Waals surface area contributed by atoms with Crippen LogP contribution in [-0.4, -0.2) is 44.1 Å². The number of tetrazole rings is 1. The normalized spacial score (nSPS) is 13.8. The molecular weight excluding hydrogens is 265 g/mol. The maximum atomic E-state index is 12.7. The van der Waals surface area contributed by atoms with Crippen molar-refractivity contribution >= 4 is 5.91 Å². The second-order valence-corrected chi connectivity index (χ2v) is 2.71. The molecule has 5 nitrogen and oxygen atoms in total. The van der Waals surface area contributed by atoms with Gasteiger partial charge in [-0.1, -0.05) is 0 Å². The van der Waals surface area contributed by atoms with E-state index in [0.29, 0.717) is 0 Å². The number of rotatable bonds is 2. The highest BCUT2D eigenvalue weighted by atomic mass is 19.4. The number of hydrogen-bond acceptors (Lipinski definition) is 4. The van der Waals surface area contributed by atoms with Gasteiger partial charge in [-0.15, -0.1) is 5.10 Å². The van der Waals surface area contributed by atoms with E-state index in [2.05, 4.69) is 15.5 Å². The third kappa shape index (κ3) is 1.93. The zero-order chi connectivity index (χ0) is 13.5.